The third-order valence-corrected chi connectivity index (χ3v) is 4.40. The SMILES string of the molecule is CC1(C)CCCC1C(=O)Cn1ncc2ccncc21. The molecule has 19 heavy (non-hydrogen) atoms. The Balaban J connectivity index is 1.83. The molecule has 1 atom stereocenters. The second-order valence-electron chi connectivity index (χ2n) is 6.14. The topological polar surface area (TPSA) is 47.8 Å². The van der Waals surface area contributed by atoms with Crippen LogP contribution in [-0.4, -0.2) is 20.5 Å². The Labute approximate surface area is 112 Å². The van der Waals surface area contributed by atoms with Crippen LogP contribution in [-0.2, 0) is 11.3 Å². The number of ketones is 1. The molecule has 0 N–H and O–H groups in total. The van der Waals surface area contributed by atoms with Gasteiger partial charge in [0.2, 0.25) is 0 Å². The summed E-state index contributed by atoms with van der Waals surface area (Å²) in [4.78, 5) is 16.6. The van der Waals surface area contributed by atoms with E-state index in [2.05, 4.69) is 23.9 Å². The number of pyridine rings is 1. The average molecular weight is 257 g/mol. The van der Waals surface area contributed by atoms with Gasteiger partial charge in [-0.1, -0.05) is 20.3 Å². The average Bonchev–Trinajstić information content (AvgIpc) is 2.93. The van der Waals surface area contributed by atoms with E-state index in [4.69, 9.17) is 0 Å². The third kappa shape index (κ3) is 2.15. The van der Waals surface area contributed by atoms with Crippen LogP contribution in [0.4, 0.5) is 0 Å². The van der Waals surface area contributed by atoms with E-state index in [1.807, 2.05) is 6.07 Å². The van der Waals surface area contributed by atoms with E-state index in [0.717, 1.165) is 30.2 Å². The van der Waals surface area contributed by atoms with Gasteiger partial charge in [0, 0.05) is 17.5 Å². The lowest BCUT2D eigenvalue weighted by molar-refractivity contribution is -0.126. The van der Waals surface area contributed by atoms with Crippen molar-refractivity contribution in [3.05, 3.63) is 24.7 Å². The molecule has 4 heteroatoms. The van der Waals surface area contributed by atoms with Crippen molar-refractivity contribution in [1.29, 1.82) is 0 Å². The zero-order valence-corrected chi connectivity index (χ0v) is 11.5. The summed E-state index contributed by atoms with van der Waals surface area (Å²) < 4.78 is 1.78. The molecule has 0 aromatic carbocycles. The minimum absolute atomic E-state index is 0.137. The van der Waals surface area contributed by atoms with Crippen molar-refractivity contribution in [3.8, 4) is 0 Å². The first-order valence-electron chi connectivity index (χ1n) is 6.86. The number of hydrogen-bond acceptors (Lipinski definition) is 3. The molecule has 2 aromatic rings. The van der Waals surface area contributed by atoms with Gasteiger partial charge in [0.05, 0.1) is 17.9 Å². The van der Waals surface area contributed by atoms with E-state index in [1.165, 1.54) is 0 Å². The largest absolute Gasteiger partial charge is 0.297 e. The summed E-state index contributed by atoms with van der Waals surface area (Å²) >= 11 is 0. The van der Waals surface area contributed by atoms with Crippen LogP contribution in [0.15, 0.2) is 24.7 Å². The molecule has 1 fully saturated rings. The molecule has 1 aliphatic carbocycles. The molecular weight excluding hydrogens is 238 g/mol. The van der Waals surface area contributed by atoms with Crippen LogP contribution >= 0.6 is 0 Å². The van der Waals surface area contributed by atoms with E-state index in [0.29, 0.717) is 12.3 Å². The predicted octanol–water partition coefficient (Wildman–Crippen LogP) is 2.83. The van der Waals surface area contributed by atoms with Crippen molar-refractivity contribution in [2.45, 2.75) is 39.7 Å². The van der Waals surface area contributed by atoms with Crippen LogP contribution in [0.3, 0.4) is 0 Å². The predicted molar refractivity (Wildman–Crippen MR) is 73.7 cm³/mol. The zero-order chi connectivity index (χ0) is 13.5. The highest BCUT2D eigenvalue weighted by molar-refractivity contribution is 5.84. The number of carbonyl (C=O) groups is 1. The van der Waals surface area contributed by atoms with Gasteiger partial charge < -0.3 is 0 Å². The summed E-state index contributed by atoms with van der Waals surface area (Å²) in [6.07, 6.45) is 8.63. The zero-order valence-electron chi connectivity index (χ0n) is 11.5. The first kappa shape index (κ1) is 12.3. The molecule has 3 rings (SSSR count). The van der Waals surface area contributed by atoms with Crippen LogP contribution in [0, 0.1) is 11.3 Å². The maximum Gasteiger partial charge on any atom is 0.157 e. The molecule has 1 unspecified atom stereocenters. The fourth-order valence-electron chi connectivity index (χ4n) is 3.22. The maximum absolute atomic E-state index is 12.5. The van der Waals surface area contributed by atoms with Gasteiger partial charge in [-0.2, -0.15) is 5.10 Å². The van der Waals surface area contributed by atoms with Crippen LogP contribution in [0.5, 0.6) is 0 Å². The molecule has 0 bridgehead atoms. The Bertz CT molecular complexity index is 615. The van der Waals surface area contributed by atoms with E-state index < -0.39 is 0 Å². The Hall–Kier alpha value is -1.71. The molecule has 4 nitrogen and oxygen atoms in total. The second kappa shape index (κ2) is 4.44. The molecule has 2 heterocycles. The molecule has 0 amide bonds. The van der Waals surface area contributed by atoms with Gasteiger partial charge in [-0.05, 0) is 24.3 Å². The number of Topliss-reactive ketones (excluding diaryl/α,β-unsaturated/α-hetero) is 1. The summed E-state index contributed by atoms with van der Waals surface area (Å²) in [7, 11) is 0. The molecular formula is C15H19N3O. The summed E-state index contributed by atoms with van der Waals surface area (Å²) in [6, 6.07) is 1.92. The van der Waals surface area contributed by atoms with Crippen LogP contribution in [0.1, 0.15) is 33.1 Å². The second-order valence-corrected chi connectivity index (χ2v) is 6.14. The van der Waals surface area contributed by atoms with E-state index in [9.17, 15) is 4.79 Å². The molecule has 2 aromatic heterocycles. The number of rotatable bonds is 3. The Morgan fingerprint density at radius 2 is 2.32 bits per heavy atom. The van der Waals surface area contributed by atoms with E-state index in [1.54, 1.807) is 23.3 Å². The molecule has 1 saturated carbocycles. The number of hydrogen-bond donors (Lipinski definition) is 0. The van der Waals surface area contributed by atoms with Gasteiger partial charge in [-0.25, -0.2) is 0 Å². The summed E-state index contributed by atoms with van der Waals surface area (Å²) in [5, 5.41) is 5.35. The Kier molecular flexibility index (Phi) is 2.88. The van der Waals surface area contributed by atoms with Crippen molar-refractivity contribution in [2.75, 3.05) is 0 Å². The highest BCUT2D eigenvalue weighted by Crippen LogP contribution is 2.43. The Morgan fingerprint density at radius 1 is 1.47 bits per heavy atom. The monoisotopic (exact) mass is 257 g/mol. The standard InChI is InChI=1S/C15H19N3O/c1-15(2)6-3-4-12(15)14(19)10-18-13-9-16-7-5-11(13)8-17-18/h5,7-9,12H,3-4,6,10H2,1-2H3. The number of aromatic nitrogens is 3. The van der Waals surface area contributed by atoms with Crippen molar-refractivity contribution >= 4 is 16.7 Å². The summed E-state index contributed by atoms with van der Waals surface area (Å²) in [6.45, 7) is 4.76. The van der Waals surface area contributed by atoms with Crippen LogP contribution in [0.25, 0.3) is 10.9 Å². The number of nitrogens with zero attached hydrogens (tertiary/aromatic N) is 3. The van der Waals surface area contributed by atoms with Gasteiger partial charge in [0.25, 0.3) is 0 Å². The quantitative estimate of drug-likeness (QED) is 0.849. The van der Waals surface area contributed by atoms with Crippen molar-refractivity contribution in [2.24, 2.45) is 11.3 Å². The van der Waals surface area contributed by atoms with Gasteiger partial charge in [-0.15, -0.1) is 0 Å². The van der Waals surface area contributed by atoms with Crippen molar-refractivity contribution < 1.29 is 4.79 Å². The van der Waals surface area contributed by atoms with Gasteiger partial charge in [-0.3, -0.25) is 14.5 Å². The van der Waals surface area contributed by atoms with Gasteiger partial charge in [0.1, 0.15) is 6.54 Å². The molecule has 0 saturated heterocycles. The first-order valence-corrected chi connectivity index (χ1v) is 6.86. The van der Waals surface area contributed by atoms with E-state index >= 15 is 0 Å². The van der Waals surface area contributed by atoms with Gasteiger partial charge >= 0.3 is 0 Å². The first-order chi connectivity index (χ1) is 9.08. The lowest BCUT2D eigenvalue weighted by Gasteiger charge is -2.25. The lowest BCUT2D eigenvalue weighted by atomic mass is 9.79. The fraction of sp³-hybridized carbons (Fsp3) is 0.533. The molecule has 1 aliphatic rings. The minimum atomic E-state index is 0.137. The highest BCUT2D eigenvalue weighted by atomic mass is 16.1. The molecule has 0 aliphatic heterocycles. The molecule has 0 radical (unpaired) electrons. The lowest BCUT2D eigenvalue weighted by Crippen LogP contribution is -2.29. The normalized spacial score (nSPS) is 21.9. The van der Waals surface area contributed by atoms with Crippen molar-refractivity contribution in [3.63, 3.8) is 0 Å². The van der Waals surface area contributed by atoms with Gasteiger partial charge in [0.15, 0.2) is 5.78 Å². The molecule has 100 valence electrons. The highest BCUT2D eigenvalue weighted by Gasteiger charge is 2.39. The Morgan fingerprint density at radius 3 is 3.05 bits per heavy atom. The van der Waals surface area contributed by atoms with E-state index in [-0.39, 0.29) is 11.3 Å². The third-order valence-electron chi connectivity index (χ3n) is 4.40. The minimum Gasteiger partial charge on any atom is -0.297 e. The summed E-state index contributed by atoms with van der Waals surface area (Å²) in [5.74, 6) is 0.472. The summed E-state index contributed by atoms with van der Waals surface area (Å²) in [5.41, 5.74) is 1.07. The number of carbonyl (C=O) groups excluding carboxylic acids is 1. The van der Waals surface area contributed by atoms with Crippen molar-refractivity contribution in [1.82, 2.24) is 14.8 Å². The van der Waals surface area contributed by atoms with Crippen LogP contribution in [0.2, 0.25) is 0 Å². The van der Waals surface area contributed by atoms with Crippen LogP contribution < -0.4 is 0 Å². The molecule has 0 spiro atoms. The number of fused-ring (bicyclic) bond motifs is 1. The smallest absolute Gasteiger partial charge is 0.157 e. The fourth-order valence-corrected chi connectivity index (χ4v) is 3.22. The maximum atomic E-state index is 12.5.